The number of anilines is 2. The van der Waals surface area contributed by atoms with E-state index in [1.165, 1.54) is 0 Å². The number of nitrogens with zero attached hydrogens (tertiary/aromatic N) is 3. The number of hydrogen-bond acceptors (Lipinski definition) is 6. The molecule has 0 unspecified atom stereocenters. The summed E-state index contributed by atoms with van der Waals surface area (Å²) < 4.78 is 11.0. The van der Waals surface area contributed by atoms with Gasteiger partial charge in [-0.3, -0.25) is 4.79 Å². The Morgan fingerprint density at radius 2 is 1.89 bits per heavy atom. The Balaban J connectivity index is 1.45. The van der Waals surface area contributed by atoms with Gasteiger partial charge >= 0.3 is 0 Å². The van der Waals surface area contributed by atoms with Crippen molar-refractivity contribution in [1.82, 2.24) is 10.1 Å². The van der Waals surface area contributed by atoms with Gasteiger partial charge in [-0.2, -0.15) is 4.98 Å². The predicted octanol–water partition coefficient (Wildman–Crippen LogP) is 3.77. The van der Waals surface area contributed by atoms with E-state index in [1.807, 2.05) is 38.1 Å². The maximum absolute atomic E-state index is 12.2. The first-order chi connectivity index (χ1) is 13.4. The molecule has 0 saturated carbocycles. The third-order valence-electron chi connectivity index (χ3n) is 4.73. The summed E-state index contributed by atoms with van der Waals surface area (Å²) in [7, 11) is 0. The van der Waals surface area contributed by atoms with Crippen molar-refractivity contribution in [3.63, 3.8) is 0 Å². The van der Waals surface area contributed by atoms with Gasteiger partial charge in [0.2, 0.25) is 11.8 Å². The third kappa shape index (κ3) is 5.55. The number of amides is 1. The molecule has 2 atom stereocenters. The molecule has 1 aliphatic rings. The van der Waals surface area contributed by atoms with E-state index in [-0.39, 0.29) is 24.0 Å². The summed E-state index contributed by atoms with van der Waals surface area (Å²) in [5.41, 5.74) is 1.96. The van der Waals surface area contributed by atoms with Crippen LogP contribution < -0.4 is 10.2 Å². The van der Waals surface area contributed by atoms with E-state index in [1.54, 1.807) is 0 Å². The number of nitrogens with one attached hydrogen (secondary N) is 1. The minimum Gasteiger partial charge on any atom is -0.372 e. The molecule has 0 aliphatic carbocycles. The lowest BCUT2D eigenvalue weighted by molar-refractivity contribution is -0.116. The Labute approximate surface area is 166 Å². The van der Waals surface area contributed by atoms with Crippen molar-refractivity contribution in [2.24, 2.45) is 0 Å². The second-order valence-corrected chi connectivity index (χ2v) is 7.81. The lowest BCUT2D eigenvalue weighted by Crippen LogP contribution is -2.45. The summed E-state index contributed by atoms with van der Waals surface area (Å²) in [5.74, 6) is 1.54. The van der Waals surface area contributed by atoms with E-state index in [2.05, 4.69) is 34.2 Å². The maximum Gasteiger partial charge on any atom is 0.226 e. The highest BCUT2D eigenvalue weighted by Crippen LogP contribution is 2.22. The third-order valence-corrected chi connectivity index (χ3v) is 4.73. The van der Waals surface area contributed by atoms with Crippen LogP contribution in [0.1, 0.15) is 58.2 Å². The number of morpholine rings is 1. The van der Waals surface area contributed by atoms with E-state index in [0.29, 0.717) is 31.0 Å². The van der Waals surface area contributed by atoms with Crippen LogP contribution in [0.2, 0.25) is 0 Å². The molecule has 0 bridgehead atoms. The predicted molar refractivity (Wildman–Crippen MR) is 109 cm³/mol. The smallest absolute Gasteiger partial charge is 0.226 e. The summed E-state index contributed by atoms with van der Waals surface area (Å²) in [6.07, 6.45) is 2.14. The SMILES string of the molecule is CC(C)c1noc(CCCC(=O)Nc2ccc(N3C[C@@H](C)O[C@@H](C)C3)cc2)n1. The van der Waals surface area contributed by atoms with Gasteiger partial charge in [0.25, 0.3) is 0 Å². The fourth-order valence-corrected chi connectivity index (χ4v) is 3.37. The summed E-state index contributed by atoms with van der Waals surface area (Å²) in [5, 5.41) is 6.89. The molecule has 1 fully saturated rings. The molecule has 2 aromatic rings. The molecule has 7 heteroatoms. The van der Waals surface area contributed by atoms with Gasteiger partial charge in [-0.1, -0.05) is 19.0 Å². The van der Waals surface area contributed by atoms with Crippen molar-refractivity contribution < 1.29 is 14.1 Å². The molecule has 2 heterocycles. The van der Waals surface area contributed by atoms with Gasteiger partial charge in [0.15, 0.2) is 5.82 Å². The Morgan fingerprint density at radius 1 is 1.21 bits per heavy atom. The normalized spacial score (nSPS) is 19.8. The van der Waals surface area contributed by atoms with Crippen molar-refractivity contribution in [3.8, 4) is 0 Å². The van der Waals surface area contributed by atoms with Gasteiger partial charge in [0, 0.05) is 43.2 Å². The fourth-order valence-electron chi connectivity index (χ4n) is 3.37. The Kier molecular flexibility index (Phi) is 6.67. The van der Waals surface area contributed by atoms with Crippen molar-refractivity contribution in [2.75, 3.05) is 23.3 Å². The van der Waals surface area contributed by atoms with Crippen LogP contribution >= 0.6 is 0 Å². The number of rotatable bonds is 7. The first-order valence-electron chi connectivity index (χ1n) is 10.0. The zero-order valence-corrected chi connectivity index (χ0v) is 17.1. The average molecular weight is 386 g/mol. The van der Waals surface area contributed by atoms with Crippen LogP contribution in [0.5, 0.6) is 0 Å². The van der Waals surface area contributed by atoms with Crippen LogP contribution in [-0.4, -0.2) is 41.3 Å². The number of aromatic nitrogens is 2. The molecule has 152 valence electrons. The molecule has 7 nitrogen and oxygen atoms in total. The van der Waals surface area contributed by atoms with Gasteiger partial charge in [0.05, 0.1) is 12.2 Å². The minimum atomic E-state index is -0.00929. The largest absolute Gasteiger partial charge is 0.372 e. The van der Waals surface area contributed by atoms with Gasteiger partial charge in [-0.05, 0) is 44.5 Å². The molecule has 1 amide bonds. The summed E-state index contributed by atoms with van der Waals surface area (Å²) in [6.45, 7) is 9.99. The number of carbonyl (C=O) groups excluding carboxylic acids is 1. The molecule has 0 spiro atoms. The van der Waals surface area contributed by atoms with Crippen LogP contribution in [0.4, 0.5) is 11.4 Å². The number of carbonyl (C=O) groups is 1. The minimum absolute atomic E-state index is 0.00929. The van der Waals surface area contributed by atoms with Crippen LogP contribution in [0, 0.1) is 0 Å². The Bertz CT molecular complexity index is 762. The molecular formula is C21H30N4O3. The van der Waals surface area contributed by atoms with Crippen molar-refractivity contribution in [2.45, 2.75) is 65.1 Å². The van der Waals surface area contributed by atoms with Crippen molar-refractivity contribution >= 4 is 17.3 Å². The fraction of sp³-hybridized carbons (Fsp3) is 0.571. The molecule has 1 saturated heterocycles. The molecule has 1 N–H and O–H groups in total. The second-order valence-electron chi connectivity index (χ2n) is 7.81. The Morgan fingerprint density at radius 3 is 2.50 bits per heavy atom. The molecule has 0 radical (unpaired) electrons. The van der Waals surface area contributed by atoms with Crippen LogP contribution in [0.25, 0.3) is 0 Å². The highest BCUT2D eigenvalue weighted by Gasteiger charge is 2.22. The van der Waals surface area contributed by atoms with Crippen LogP contribution in [0.15, 0.2) is 28.8 Å². The molecule has 3 rings (SSSR count). The Hall–Kier alpha value is -2.41. The first kappa shape index (κ1) is 20.3. The van der Waals surface area contributed by atoms with Crippen LogP contribution in [0.3, 0.4) is 0 Å². The number of aryl methyl sites for hydroxylation is 1. The van der Waals surface area contributed by atoms with Gasteiger partial charge in [-0.25, -0.2) is 0 Å². The monoisotopic (exact) mass is 386 g/mol. The lowest BCUT2D eigenvalue weighted by atomic mass is 10.2. The van der Waals surface area contributed by atoms with Gasteiger partial charge < -0.3 is 19.5 Å². The second kappa shape index (κ2) is 9.19. The zero-order chi connectivity index (χ0) is 20.1. The quantitative estimate of drug-likeness (QED) is 0.780. The van der Waals surface area contributed by atoms with Crippen molar-refractivity contribution in [1.29, 1.82) is 0 Å². The molecule has 28 heavy (non-hydrogen) atoms. The molecular weight excluding hydrogens is 356 g/mol. The topological polar surface area (TPSA) is 80.5 Å². The van der Waals surface area contributed by atoms with Gasteiger partial charge in [0.1, 0.15) is 0 Å². The molecule has 1 aromatic carbocycles. The van der Waals surface area contributed by atoms with E-state index >= 15 is 0 Å². The van der Waals surface area contributed by atoms with E-state index in [0.717, 1.165) is 24.5 Å². The highest BCUT2D eigenvalue weighted by atomic mass is 16.5. The summed E-state index contributed by atoms with van der Waals surface area (Å²) in [6, 6.07) is 7.99. The van der Waals surface area contributed by atoms with Gasteiger partial charge in [-0.15, -0.1) is 0 Å². The lowest BCUT2D eigenvalue weighted by Gasteiger charge is -2.36. The molecule has 1 aliphatic heterocycles. The van der Waals surface area contributed by atoms with E-state index in [9.17, 15) is 4.79 Å². The first-order valence-corrected chi connectivity index (χ1v) is 10.0. The number of hydrogen-bond donors (Lipinski definition) is 1. The van der Waals surface area contributed by atoms with E-state index in [4.69, 9.17) is 9.26 Å². The van der Waals surface area contributed by atoms with Crippen molar-refractivity contribution in [3.05, 3.63) is 36.0 Å². The average Bonchev–Trinajstić information content (AvgIpc) is 3.11. The summed E-state index contributed by atoms with van der Waals surface area (Å²) >= 11 is 0. The highest BCUT2D eigenvalue weighted by molar-refractivity contribution is 5.90. The number of ether oxygens (including phenoxy) is 1. The summed E-state index contributed by atoms with van der Waals surface area (Å²) in [4.78, 5) is 18.8. The standard InChI is InChI=1S/C21H30N4O3/c1-14(2)21-23-20(28-24-21)7-5-6-19(26)22-17-8-10-18(11-9-17)25-12-15(3)27-16(4)13-25/h8-11,14-16H,5-7,12-13H2,1-4H3,(H,22,26)/t15-,16+. The van der Waals surface area contributed by atoms with E-state index < -0.39 is 0 Å². The maximum atomic E-state index is 12.2. The van der Waals surface area contributed by atoms with Crippen LogP contribution in [-0.2, 0) is 16.0 Å². The zero-order valence-electron chi connectivity index (χ0n) is 17.1. The molecule has 1 aromatic heterocycles. The number of benzene rings is 1.